The molecule has 0 heterocycles. The molecule has 144 valence electrons. The van der Waals surface area contributed by atoms with Crippen LogP contribution in [-0.4, -0.2) is 13.0 Å². The van der Waals surface area contributed by atoms with Gasteiger partial charge in [-0.3, -0.25) is 0 Å². The molecule has 0 aliphatic rings. The van der Waals surface area contributed by atoms with Crippen molar-refractivity contribution in [2.45, 2.75) is 83.0 Å². The smallest absolute Gasteiger partial charge is 0.744 e. The van der Waals surface area contributed by atoms with Crippen molar-refractivity contribution in [3.05, 3.63) is 41.5 Å². The van der Waals surface area contributed by atoms with E-state index in [1.54, 1.807) is 12.1 Å². The Balaban J connectivity index is 0.00000364. The molecule has 0 fully saturated rings. The summed E-state index contributed by atoms with van der Waals surface area (Å²) in [7, 11) is -4.44. The van der Waals surface area contributed by atoms with Crippen LogP contribution in [0.25, 0.3) is 10.8 Å². The number of rotatable bonds is 11. The molecule has 2 rings (SSSR count). The molecule has 0 atom stereocenters. The summed E-state index contributed by atoms with van der Waals surface area (Å²) in [4.78, 5) is -0.0985. The van der Waals surface area contributed by atoms with Crippen molar-refractivity contribution < 1.29 is 64.4 Å². The Labute approximate surface area is 207 Å². The van der Waals surface area contributed by atoms with E-state index in [9.17, 15) is 13.0 Å². The molecular formula is C22H31KO3S. The Bertz CT molecular complexity index is 816. The molecule has 2 aromatic carbocycles. The molecule has 5 heteroatoms. The molecule has 0 aliphatic carbocycles. The van der Waals surface area contributed by atoms with Crippen LogP contribution in [0.4, 0.5) is 0 Å². The summed E-state index contributed by atoms with van der Waals surface area (Å²) in [5, 5.41) is 2.04. The zero-order valence-electron chi connectivity index (χ0n) is 17.1. The topological polar surface area (TPSA) is 57.2 Å². The van der Waals surface area contributed by atoms with Gasteiger partial charge in [0.25, 0.3) is 0 Å². The molecule has 0 N–H and O–H groups in total. The standard InChI is InChI=1S/C22H32O3S.K/c1-3-5-7-9-12-18-14-11-15-20-17-21(26(23,24)25)16-19(22(18)20)13-10-8-6-4-2;/h11,14-17H,3-10,12-13H2,1-2H3,(H,23,24,25);/q;+1/p-1. The minimum atomic E-state index is -4.44. The van der Waals surface area contributed by atoms with Crippen LogP contribution in [0.3, 0.4) is 0 Å². The first-order valence-corrected chi connectivity index (χ1v) is 11.4. The van der Waals surface area contributed by atoms with E-state index in [2.05, 4.69) is 19.9 Å². The molecule has 2 aromatic rings. The number of hydrogen-bond donors (Lipinski definition) is 0. The normalized spacial score (nSPS) is 11.5. The van der Waals surface area contributed by atoms with Crippen molar-refractivity contribution in [2.75, 3.05) is 0 Å². The quantitative estimate of drug-likeness (QED) is 0.323. The van der Waals surface area contributed by atoms with Gasteiger partial charge in [0.05, 0.1) is 4.90 Å². The average Bonchev–Trinajstić information content (AvgIpc) is 2.61. The molecule has 0 saturated carbocycles. The fourth-order valence-corrected chi connectivity index (χ4v) is 4.16. The van der Waals surface area contributed by atoms with Crippen molar-refractivity contribution in [2.24, 2.45) is 0 Å². The van der Waals surface area contributed by atoms with Crippen LogP contribution < -0.4 is 51.4 Å². The van der Waals surface area contributed by atoms with Gasteiger partial charge in [-0.2, -0.15) is 0 Å². The SMILES string of the molecule is CCCCCCc1cccc2cc(S(=O)(=O)[O-])cc(CCCCCC)c12.[K+]. The van der Waals surface area contributed by atoms with Crippen LogP contribution in [0.15, 0.2) is 35.2 Å². The third-order valence-electron chi connectivity index (χ3n) is 5.01. The molecule has 3 nitrogen and oxygen atoms in total. The van der Waals surface area contributed by atoms with Crippen LogP contribution in [-0.2, 0) is 23.0 Å². The van der Waals surface area contributed by atoms with Crippen LogP contribution in [0.5, 0.6) is 0 Å². The number of benzene rings is 2. The summed E-state index contributed by atoms with van der Waals surface area (Å²) in [6, 6.07) is 9.21. The van der Waals surface area contributed by atoms with Gasteiger partial charge in [-0.05, 0) is 59.7 Å². The minimum Gasteiger partial charge on any atom is -0.744 e. The van der Waals surface area contributed by atoms with Crippen molar-refractivity contribution >= 4 is 20.9 Å². The molecule has 0 saturated heterocycles. The first kappa shape index (κ1) is 25.3. The predicted octanol–water partition coefficient (Wildman–Crippen LogP) is 2.99. The zero-order chi connectivity index (χ0) is 19.0. The van der Waals surface area contributed by atoms with E-state index < -0.39 is 10.1 Å². The van der Waals surface area contributed by atoms with Gasteiger partial charge in [0.1, 0.15) is 10.1 Å². The van der Waals surface area contributed by atoms with Gasteiger partial charge in [0.15, 0.2) is 0 Å². The Hall–Kier alpha value is 0.246. The van der Waals surface area contributed by atoms with Gasteiger partial charge in [-0.1, -0.05) is 70.6 Å². The van der Waals surface area contributed by atoms with Crippen LogP contribution in [0, 0.1) is 0 Å². The van der Waals surface area contributed by atoms with E-state index in [0.29, 0.717) is 0 Å². The molecule has 0 aromatic heterocycles. The van der Waals surface area contributed by atoms with Crippen molar-refractivity contribution in [1.82, 2.24) is 0 Å². The summed E-state index contributed by atoms with van der Waals surface area (Å²) in [5.74, 6) is 0. The summed E-state index contributed by atoms with van der Waals surface area (Å²) >= 11 is 0. The Morgan fingerprint density at radius 1 is 0.815 bits per heavy atom. The van der Waals surface area contributed by atoms with E-state index in [1.807, 2.05) is 12.1 Å². The van der Waals surface area contributed by atoms with Gasteiger partial charge in [0.2, 0.25) is 0 Å². The van der Waals surface area contributed by atoms with Crippen LogP contribution in [0.2, 0.25) is 0 Å². The third-order valence-corrected chi connectivity index (χ3v) is 5.82. The van der Waals surface area contributed by atoms with Gasteiger partial charge in [-0.15, -0.1) is 0 Å². The third kappa shape index (κ3) is 7.88. The summed E-state index contributed by atoms with van der Waals surface area (Å²) in [6.45, 7) is 4.38. The molecule has 27 heavy (non-hydrogen) atoms. The molecule has 0 bridgehead atoms. The van der Waals surface area contributed by atoms with Crippen molar-refractivity contribution in [3.8, 4) is 0 Å². The van der Waals surface area contributed by atoms with Crippen molar-refractivity contribution in [1.29, 1.82) is 0 Å². The number of fused-ring (bicyclic) bond motifs is 1. The molecule has 0 amide bonds. The molecule has 0 unspecified atom stereocenters. The van der Waals surface area contributed by atoms with Gasteiger partial charge in [0, 0.05) is 0 Å². The summed E-state index contributed by atoms with van der Waals surface area (Å²) in [6.07, 6.45) is 11.1. The van der Waals surface area contributed by atoms with Gasteiger partial charge < -0.3 is 4.55 Å². The first-order valence-electron chi connectivity index (χ1n) is 9.97. The van der Waals surface area contributed by atoms with Crippen LogP contribution >= 0.6 is 0 Å². The molecule has 0 aliphatic heterocycles. The molecular weight excluding hydrogens is 383 g/mol. The van der Waals surface area contributed by atoms with E-state index in [4.69, 9.17) is 0 Å². The van der Waals surface area contributed by atoms with E-state index in [-0.39, 0.29) is 56.3 Å². The van der Waals surface area contributed by atoms with E-state index in [1.165, 1.54) is 37.7 Å². The maximum atomic E-state index is 11.6. The first-order chi connectivity index (χ1) is 12.5. The largest absolute Gasteiger partial charge is 1.00 e. The maximum absolute atomic E-state index is 11.6. The molecule has 0 radical (unpaired) electrons. The number of unbranched alkanes of at least 4 members (excludes halogenated alkanes) is 6. The summed E-state index contributed by atoms with van der Waals surface area (Å²) in [5.41, 5.74) is 2.29. The van der Waals surface area contributed by atoms with Crippen LogP contribution in [0.1, 0.15) is 76.3 Å². The fraction of sp³-hybridized carbons (Fsp3) is 0.545. The van der Waals surface area contributed by atoms with Gasteiger partial charge >= 0.3 is 51.4 Å². The van der Waals surface area contributed by atoms with E-state index >= 15 is 0 Å². The van der Waals surface area contributed by atoms with Gasteiger partial charge in [-0.25, -0.2) is 8.42 Å². The number of aryl methyl sites for hydroxylation is 2. The van der Waals surface area contributed by atoms with Crippen molar-refractivity contribution in [3.63, 3.8) is 0 Å². The second-order valence-electron chi connectivity index (χ2n) is 7.17. The fourth-order valence-electron chi connectivity index (χ4n) is 3.61. The average molecular weight is 415 g/mol. The Kier molecular flexibility index (Phi) is 11.9. The zero-order valence-corrected chi connectivity index (χ0v) is 21.0. The monoisotopic (exact) mass is 414 g/mol. The summed E-state index contributed by atoms with van der Waals surface area (Å²) < 4.78 is 34.7. The predicted molar refractivity (Wildman–Crippen MR) is 108 cm³/mol. The second-order valence-corrected chi connectivity index (χ2v) is 8.55. The van der Waals surface area contributed by atoms with E-state index in [0.717, 1.165) is 48.4 Å². The second kappa shape index (κ2) is 12.7. The Morgan fingerprint density at radius 3 is 1.96 bits per heavy atom. The number of hydrogen-bond acceptors (Lipinski definition) is 3. The Morgan fingerprint density at radius 2 is 1.41 bits per heavy atom. The maximum Gasteiger partial charge on any atom is 1.00 e. The minimum absolute atomic E-state index is 0. The molecule has 0 spiro atoms.